The fourth-order valence-electron chi connectivity index (χ4n) is 1.77. The van der Waals surface area contributed by atoms with Gasteiger partial charge in [-0.2, -0.15) is 0 Å². The molecule has 0 aromatic carbocycles. The highest BCUT2D eigenvalue weighted by molar-refractivity contribution is 7.09. The number of aryl methyl sites for hydroxylation is 1. The van der Waals surface area contributed by atoms with E-state index in [-0.39, 0.29) is 0 Å². The first-order chi connectivity index (χ1) is 7.84. The fourth-order valence-corrected chi connectivity index (χ4v) is 2.48. The van der Waals surface area contributed by atoms with Crippen LogP contribution in [-0.2, 0) is 6.42 Å². The number of hydrogen-bond donors (Lipinski definition) is 1. The monoisotopic (exact) mass is 235 g/mol. The van der Waals surface area contributed by atoms with Crippen molar-refractivity contribution in [3.63, 3.8) is 0 Å². The lowest BCUT2D eigenvalue weighted by Gasteiger charge is -2.01. The van der Waals surface area contributed by atoms with Crippen LogP contribution in [0.5, 0.6) is 0 Å². The van der Waals surface area contributed by atoms with Crippen LogP contribution in [0.25, 0.3) is 0 Å². The van der Waals surface area contributed by atoms with Gasteiger partial charge in [-0.3, -0.25) is 0 Å². The summed E-state index contributed by atoms with van der Waals surface area (Å²) in [6.45, 7) is 3.41. The van der Waals surface area contributed by atoms with E-state index in [4.69, 9.17) is 0 Å². The van der Waals surface area contributed by atoms with Crippen LogP contribution in [0.4, 0.5) is 0 Å². The van der Waals surface area contributed by atoms with Gasteiger partial charge in [0.05, 0.1) is 0 Å². The molecule has 1 nitrogen and oxygen atoms in total. The van der Waals surface area contributed by atoms with Crippen LogP contribution >= 0.6 is 11.3 Å². The van der Waals surface area contributed by atoms with E-state index >= 15 is 0 Å². The summed E-state index contributed by atoms with van der Waals surface area (Å²) in [6.07, 6.45) is 8.78. The van der Waals surface area contributed by atoms with Crippen LogP contribution in [0.15, 0.2) is 29.2 Å². The smallest absolute Gasteiger partial charge is 0.00683 e. The summed E-state index contributed by atoms with van der Waals surface area (Å²) in [5, 5.41) is 5.70. The van der Waals surface area contributed by atoms with Crippen LogP contribution in [0, 0.1) is 0 Å². The Morgan fingerprint density at radius 1 is 1.56 bits per heavy atom. The number of nitrogens with one attached hydrogen (secondary N) is 1. The van der Waals surface area contributed by atoms with Gasteiger partial charge in [-0.15, -0.1) is 11.3 Å². The second-order valence-electron chi connectivity index (χ2n) is 4.65. The highest BCUT2D eigenvalue weighted by atomic mass is 32.1. The molecule has 1 N–H and O–H groups in total. The molecule has 1 aliphatic carbocycles. The zero-order valence-corrected chi connectivity index (χ0v) is 10.9. The van der Waals surface area contributed by atoms with Crippen LogP contribution in [0.2, 0.25) is 0 Å². The SMILES string of the molecule is CC(=CCCNC1CC1)CCc1cccs1. The third-order valence-electron chi connectivity index (χ3n) is 2.99. The lowest BCUT2D eigenvalue weighted by molar-refractivity contribution is 0.687. The molecule has 0 radical (unpaired) electrons. The van der Waals surface area contributed by atoms with Crippen molar-refractivity contribution in [3.8, 4) is 0 Å². The van der Waals surface area contributed by atoms with E-state index in [1.54, 1.807) is 0 Å². The topological polar surface area (TPSA) is 12.0 Å². The van der Waals surface area contributed by atoms with Gasteiger partial charge in [0.15, 0.2) is 0 Å². The summed E-state index contributed by atoms with van der Waals surface area (Å²) in [7, 11) is 0. The second-order valence-corrected chi connectivity index (χ2v) is 5.68. The Labute approximate surface area is 103 Å². The Balaban J connectivity index is 1.58. The van der Waals surface area contributed by atoms with Crippen molar-refractivity contribution >= 4 is 11.3 Å². The minimum absolute atomic E-state index is 0.847. The molecule has 0 amide bonds. The van der Waals surface area contributed by atoms with Gasteiger partial charge < -0.3 is 5.32 Å². The Morgan fingerprint density at radius 2 is 2.44 bits per heavy atom. The van der Waals surface area contributed by atoms with E-state index in [1.165, 1.54) is 42.6 Å². The number of rotatable bonds is 7. The summed E-state index contributed by atoms with van der Waals surface area (Å²) in [6, 6.07) is 5.21. The van der Waals surface area contributed by atoms with Gasteiger partial charge in [0.2, 0.25) is 0 Å². The molecule has 88 valence electrons. The van der Waals surface area contributed by atoms with Crippen molar-refractivity contribution in [3.05, 3.63) is 34.0 Å². The fraction of sp³-hybridized carbons (Fsp3) is 0.571. The van der Waals surface area contributed by atoms with Crippen molar-refractivity contribution in [1.82, 2.24) is 5.32 Å². The van der Waals surface area contributed by atoms with E-state index in [1.807, 2.05) is 11.3 Å². The molecular formula is C14H21NS. The van der Waals surface area contributed by atoms with Gasteiger partial charge in [0, 0.05) is 10.9 Å². The molecule has 0 bridgehead atoms. The molecule has 1 heterocycles. The average Bonchev–Trinajstić information content (AvgIpc) is 2.96. The third-order valence-corrected chi connectivity index (χ3v) is 3.93. The molecule has 1 aromatic rings. The lowest BCUT2D eigenvalue weighted by atomic mass is 10.1. The largest absolute Gasteiger partial charge is 0.314 e. The van der Waals surface area contributed by atoms with Gasteiger partial charge in [-0.25, -0.2) is 0 Å². The van der Waals surface area contributed by atoms with Gasteiger partial charge in [0.1, 0.15) is 0 Å². The quantitative estimate of drug-likeness (QED) is 0.560. The average molecular weight is 235 g/mol. The number of allylic oxidation sites excluding steroid dienone is 1. The van der Waals surface area contributed by atoms with E-state index in [0.29, 0.717) is 0 Å². The highest BCUT2D eigenvalue weighted by Gasteiger charge is 2.19. The van der Waals surface area contributed by atoms with Crippen molar-refractivity contribution in [2.24, 2.45) is 0 Å². The van der Waals surface area contributed by atoms with Crippen molar-refractivity contribution < 1.29 is 0 Å². The Bertz CT molecular complexity index is 323. The number of hydrogen-bond acceptors (Lipinski definition) is 2. The molecule has 1 aliphatic rings. The van der Waals surface area contributed by atoms with E-state index < -0.39 is 0 Å². The van der Waals surface area contributed by atoms with Crippen LogP contribution in [0.1, 0.15) is 37.5 Å². The first kappa shape index (κ1) is 11.9. The molecule has 0 spiro atoms. The number of thiophene rings is 1. The van der Waals surface area contributed by atoms with Crippen molar-refractivity contribution in [1.29, 1.82) is 0 Å². The summed E-state index contributed by atoms with van der Waals surface area (Å²) in [5.74, 6) is 0. The maximum Gasteiger partial charge on any atom is 0.00683 e. The van der Waals surface area contributed by atoms with Crippen molar-refractivity contribution in [2.75, 3.05) is 6.54 Å². The Kier molecular flexibility index (Phi) is 4.61. The molecule has 2 rings (SSSR count). The maximum absolute atomic E-state index is 3.54. The Morgan fingerprint density at radius 3 is 3.12 bits per heavy atom. The predicted octanol–water partition coefficient (Wildman–Crippen LogP) is 3.77. The highest BCUT2D eigenvalue weighted by Crippen LogP contribution is 2.18. The van der Waals surface area contributed by atoms with Gasteiger partial charge in [0.25, 0.3) is 0 Å². The van der Waals surface area contributed by atoms with E-state index in [9.17, 15) is 0 Å². The summed E-state index contributed by atoms with van der Waals surface area (Å²) >= 11 is 1.87. The molecule has 16 heavy (non-hydrogen) atoms. The predicted molar refractivity (Wildman–Crippen MR) is 72.0 cm³/mol. The maximum atomic E-state index is 3.54. The zero-order valence-electron chi connectivity index (χ0n) is 10.0. The molecule has 0 aliphatic heterocycles. The molecule has 0 atom stereocenters. The van der Waals surface area contributed by atoms with Crippen LogP contribution in [-0.4, -0.2) is 12.6 Å². The van der Waals surface area contributed by atoms with E-state index in [0.717, 1.165) is 12.6 Å². The molecule has 0 unspecified atom stereocenters. The summed E-state index contributed by atoms with van der Waals surface area (Å²) in [4.78, 5) is 1.50. The second kappa shape index (κ2) is 6.21. The first-order valence-electron chi connectivity index (χ1n) is 6.26. The molecule has 1 aromatic heterocycles. The van der Waals surface area contributed by atoms with E-state index in [2.05, 4.69) is 35.8 Å². The van der Waals surface area contributed by atoms with Gasteiger partial charge in [-0.05, 0) is 57.0 Å². The van der Waals surface area contributed by atoms with Gasteiger partial charge >= 0.3 is 0 Å². The minimum atomic E-state index is 0.847. The summed E-state index contributed by atoms with van der Waals surface area (Å²) in [5.41, 5.74) is 1.53. The zero-order chi connectivity index (χ0) is 11.2. The summed E-state index contributed by atoms with van der Waals surface area (Å²) < 4.78 is 0. The molecule has 0 saturated heterocycles. The molecule has 2 heteroatoms. The molecule has 1 fully saturated rings. The lowest BCUT2D eigenvalue weighted by Crippen LogP contribution is -2.16. The normalized spacial score (nSPS) is 16.7. The van der Waals surface area contributed by atoms with Gasteiger partial charge in [-0.1, -0.05) is 17.7 Å². The van der Waals surface area contributed by atoms with Crippen LogP contribution < -0.4 is 5.32 Å². The minimum Gasteiger partial charge on any atom is -0.314 e. The third kappa shape index (κ3) is 4.50. The van der Waals surface area contributed by atoms with Crippen molar-refractivity contribution in [2.45, 2.75) is 45.1 Å². The first-order valence-corrected chi connectivity index (χ1v) is 7.14. The molecular weight excluding hydrogens is 214 g/mol. The molecule has 1 saturated carbocycles. The Hall–Kier alpha value is -0.600. The standard InChI is InChI=1S/C14H21NS/c1-12(4-2-10-15-13-7-8-13)6-9-14-5-3-11-16-14/h3-5,11,13,15H,2,6-10H2,1H3. The van der Waals surface area contributed by atoms with Crippen LogP contribution in [0.3, 0.4) is 0 Å².